The highest BCUT2D eigenvalue weighted by Crippen LogP contribution is 2.30. The van der Waals surface area contributed by atoms with Crippen LogP contribution in [0.4, 0.5) is 0 Å². The first kappa shape index (κ1) is 14.2. The normalized spacial score (nSPS) is 10.5. The Morgan fingerprint density at radius 3 is 2.37 bits per heavy atom. The summed E-state index contributed by atoms with van der Waals surface area (Å²) in [5, 5.41) is 4.41. The monoisotopic (exact) mass is 295 g/mol. The molecule has 0 radical (unpaired) electrons. The molecule has 0 amide bonds. The zero-order valence-corrected chi connectivity index (χ0v) is 12.1. The van der Waals surface area contributed by atoms with E-state index in [2.05, 4.69) is 5.32 Å². The van der Waals surface area contributed by atoms with Crippen LogP contribution in [0.3, 0.4) is 0 Å². The first-order valence-electron chi connectivity index (χ1n) is 6.00. The molecule has 0 saturated carbocycles. The van der Waals surface area contributed by atoms with Gasteiger partial charge in [0.15, 0.2) is 0 Å². The summed E-state index contributed by atoms with van der Waals surface area (Å²) in [6.07, 6.45) is 0. The Morgan fingerprint density at radius 2 is 1.63 bits per heavy atom. The van der Waals surface area contributed by atoms with Crippen LogP contribution in [0.1, 0.15) is 11.1 Å². The van der Waals surface area contributed by atoms with Gasteiger partial charge in [0.2, 0.25) is 0 Å². The highest BCUT2D eigenvalue weighted by molar-refractivity contribution is 6.32. The SMILES string of the molecule is CNCc1cccc(Cl)c1OCc1ccccc1Cl. The summed E-state index contributed by atoms with van der Waals surface area (Å²) in [5.41, 5.74) is 1.97. The van der Waals surface area contributed by atoms with Gasteiger partial charge >= 0.3 is 0 Å². The van der Waals surface area contributed by atoms with Crippen molar-refractivity contribution in [1.29, 1.82) is 0 Å². The lowest BCUT2D eigenvalue weighted by molar-refractivity contribution is 0.302. The van der Waals surface area contributed by atoms with Gasteiger partial charge in [-0.25, -0.2) is 0 Å². The number of ether oxygens (including phenoxy) is 1. The second-order valence-electron chi connectivity index (χ2n) is 4.14. The third-order valence-electron chi connectivity index (χ3n) is 2.75. The van der Waals surface area contributed by atoms with Crippen LogP contribution in [0.2, 0.25) is 10.0 Å². The second kappa shape index (κ2) is 6.80. The number of benzene rings is 2. The molecule has 2 aromatic rings. The number of halogens is 2. The third kappa shape index (κ3) is 3.63. The number of hydrogen-bond acceptors (Lipinski definition) is 2. The molecule has 4 heteroatoms. The predicted molar refractivity (Wildman–Crippen MR) is 80.0 cm³/mol. The molecule has 0 fully saturated rings. The lowest BCUT2D eigenvalue weighted by atomic mass is 10.2. The average molecular weight is 296 g/mol. The summed E-state index contributed by atoms with van der Waals surface area (Å²) in [5.74, 6) is 0.707. The topological polar surface area (TPSA) is 21.3 Å². The van der Waals surface area contributed by atoms with E-state index >= 15 is 0 Å². The van der Waals surface area contributed by atoms with Gasteiger partial charge in [-0.15, -0.1) is 0 Å². The maximum atomic E-state index is 6.19. The number of hydrogen-bond donors (Lipinski definition) is 1. The molecule has 0 spiro atoms. The van der Waals surface area contributed by atoms with E-state index in [1.807, 2.05) is 49.5 Å². The summed E-state index contributed by atoms with van der Waals surface area (Å²) in [6.45, 7) is 1.11. The van der Waals surface area contributed by atoms with Gasteiger partial charge in [0.1, 0.15) is 12.4 Å². The lowest BCUT2D eigenvalue weighted by Crippen LogP contribution is -2.08. The van der Waals surface area contributed by atoms with Gasteiger partial charge in [-0.2, -0.15) is 0 Å². The average Bonchev–Trinajstić information content (AvgIpc) is 2.40. The van der Waals surface area contributed by atoms with E-state index in [-0.39, 0.29) is 0 Å². The zero-order valence-electron chi connectivity index (χ0n) is 10.6. The highest BCUT2D eigenvalue weighted by Gasteiger charge is 2.09. The van der Waals surface area contributed by atoms with Crippen LogP contribution < -0.4 is 10.1 Å². The fourth-order valence-corrected chi connectivity index (χ4v) is 2.25. The van der Waals surface area contributed by atoms with E-state index < -0.39 is 0 Å². The molecule has 0 bridgehead atoms. The van der Waals surface area contributed by atoms with Crippen LogP contribution in [-0.4, -0.2) is 7.05 Å². The Hall–Kier alpha value is -1.22. The largest absolute Gasteiger partial charge is 0.487 e. The molecular weight excluding hydrogens is 281 g/mol. The minimum absolute atomic E-state index is 0.403. The van der Waals surface area contributed by atoms with Crippen LogP contribution in [-0.2, 0) is 13.2 Å². The van der Waals surface area contributed by atoms with Crippen molar-refractivity contribution < 1.29 is 4.74 Å². The van der Waals surface area contributed by atoms with Crippen molar-refractivity contribution in [3.63, 3.8) is 0 Å². The van der Waals surface area contributed by atoms with Crippen LogP contribution in [0.15, 0.2) is 42.5 Å². The van der Waals surface area contributed by atoms with Gasteiger partial charge in [0.25, 0.3) is 0 Å². The fourth-order valence-electron chi connectivity index (χ4n) is 1.81. The van der Waals surface area contributed by atoms with Gasteiger partial charge in [-0.3, -0.25) is 0 Å². The van der Waals surface area contributed by atoms with Crippen molar-refractivity contribution >= 4 is 23.2 Å². The van der Waals surface area contributed by atoms with E-state index in [1.54, 1.807) is 0 Å². The van der Waals surface area contributed by atoms with Crippen LogP contribution in [0.5, 0.6) is 5.75 Å². The molecule has 1 N–H and O–H groups in total. The summed E-state index contributed by atoms with van der Waals surface area (Å²) in [4.78, 5) is 0. The molecule has 0 saturated heterocycles. The van der Waals surface area contributed by atoms with Crippen LogP contribution in [0.25, 0.3) is 0 Å². The van der Waals surface area contributed by atoms with Crippen LogP contribution in [0, 0.1) is 0 Å². The van der Waals surface area contributed by atoms with Crippen molar-refractivity contribution in [2.45, 2.75) is 13.2 Å². The number of rotatable bonds is 5. The molecule has 0 unspecified atom stereocenters. The molecular formula is C15H15Cl2NO. The lowest BCUT2D eigenvalue weighted by Gasteiger charge is -2.13. The molecule has 0 heterocycles. The summed E-state index contributed by atoms with van der Waals surface area (Å²) >= 11 is 12.3. The molecule has 0 atom stereocenters. The van der Waals surface area contributed by atoms with Crippen molar-refractivity contribution in [2.75, 3.05) is 7.05 Å². The van der Waals surface area contributed by atoms with Crippen LogP contribution >= 0.6 is 23.2 Å². The molecule has 2 rings (SSSR count). The Balaban J connectivity index is 2.17. The Bertz CT molecular complexity index is 558. The molecule has 100 valence electrons. The van der Waals surface area contributed by atoms with E-state index in [0.29, 0.717) is 28.9 Å². The Labute approximate surface area is 123 Å². The minimum Gasteiger partial charge on any atom is -0.487 e. The first-order chi connectivity index (χ1) is 9.22. The van der Waals surface area contributed by atoms with Gasteiger partial charge in [0, 0.05) is 22.7 Å². The zero-order chi connectivity index (χ0) is 13.7. The summed E-state index contributed by atoms with van der Waals surface area (Å²) in [7, 11) is 1.89. The fraction of sp³-hybridized carbons (Fsp3) is 0.200. The summed E-state index contributed by atoms with van der Waals surface area (Å²) < 4.78 is 5.83. The maximum absolute atomic E-state index is 6.19. The minimum atomic E-state index is 0.403. The van der Waals surface area contributed by atoms with E-state index in [0.717, 1.165) is 11.1 Å². The van der Waals surface area contributed by atoms with Gasteiger partial charge < -0.3 is 10.1 Å². The van der Waals surface area contributed by atoms with E-state index in [4.69, 9.17) is 27.9 Å². The molecule has 0 aromatic heterocycles. The maximum Gasteiger partial charge on any atom is 0.142 e. The Kier molecular flexibility index (Phi) is 5.08. The number of nitrogens with one attached hydrogen (secondary N) is 1. The molecule has 0 aliphatic heterocycles. The van der Waals surface area contributed by atoms with Crippen molar-refractivity contribution in [3.8, 4) is 5.75 Å². The number of para-hydroxylation sites is 1. The van der Waals surface area contributed by atoms with Crippen molar-refractivity contribution in [1.82, 2.24) is 5.32 Å². The second-order valence-corrected chi connectivity index (χ2v) is 4.95. The van der Waals surface area contributed by atoms with Gasteiger partial charge in [-0.05, 0) is 19.2 Å². The first-order valence-corrected chi connectivity index (χ1v) is 6.76. The molecule has 19 heavy (non-hydrogen) atoms. The van der Waals surface area contributed by atoms with E-state index in [1.165, 1.54) is 0 Å². The van der Waals surface area contributed by atoms with Gasteiger partial charge in [0.05, 0.1) is 5.02 Å². The molecule has 2 aromatic carbocycles. The third-order valence-corrected chi connectivity index (χ3v) is 3.41. The Morgan fingerprint density at radius 1 is 0.947 bits per heavy atom. The smallest absolute Gasteiger partial charge is 0.142 e. The molecule has 0 aliphatic rings. The quantitative estimate of drug-likeness (QED) is 0.888. The van der Waals surface area contributed by atoms with E-state index in [9.17, 15) is 0 Å². The molecule has 0 aliphatic carbocycles. The standard InChI is InChI=1S/C15H15Cl2NO/c1-18-9-11-6-4-8-14(17)15(11)19-10-12-5-2-3-7-13(12)16/h2-8,18H,9-10H2,1H3. The van der Waals surface area contributed by atoms with Gasteiger partial charge in [-0.1, -0.05) is 53.5 Å². The summed E-state index contributed by atoms with van der Waals surface area (Å²) in [6, 6.07) is 13.3. The predicted octanol–water partition coefficient (Wildman–Crippen LogP) is 4.29. The highest BCUT2D eigenvalue weighted by atomic mass is 35.5. The van der Waals surface area contributed by atoms with Crippen molar-refractivity contribution in [2.24, 2.45) is 0 Å². The molecule has 2 nitrogen and oxygen atoms in total. The van der Waals surface area contributed by atoms with Crippen molar-refractivity contribution in [3.05, 3.63) is 63.6 Å².